The number of aromatic nitrogens is 2. The minimum absolute atomic E-state index is 0.0599. The lowest BCUT2D eigenvalue weighted by molar-refractivity contribution is -0.141. The summed E-state index contributed by atoms with van der Waals surface area (Å²) in [6.45, 7) is 0. The van der Waals surface area contributed by atoms with E-state index in [-0.39, 0.29) is 17.9 Å². The minimum atomic E-state index is -0.785. The summed E-state index contributed by atoms with van der Waals surface area (Å²) >= 11 is 0.976. The molecule has 7 heteroatoms. The molecule has 1 fully saturated rings. The number of amides is 1. The van der Waals surface area contributed by atoms with E-state index in [2.05, 4.69) is 14.1 Å². The van der Waals surface area contributed by atoms with E-state index < -0.39 is 5.97 Å². The summed E-state index contributed by atoms with van der Waals surface area (Å²) in [5, 5.41) is 11.6. The Bertz CT molecular complexity index is 393. The number of carboxylic acid groups (broad SMARTS) is 1. The first-order valence-corrected chi connectivity index (χ1v) is 5.71. The zero-order valence-electron chi connectivity index (χ0n) is 8.42. The van der Waals surface area contributed by atoms with Gasteiger partial charge in [-0.2, -0.15) is 8.75 Å². The Morgan fingerprint density at radius 1 is 1.50 bits per heavy atom. The quantitative estimate of drug-likeness (QED) is 0.805. The van der Waals surface area contributed by atoms with Crippen LogP contribution in [0.15, 0.2) is 6.20 Å². The summed E-state index contributed by atoms with van der Waals surface area (Å²) in [5.74, 6) is -1.39. The van der Waals surface area contributed by atoms with Crippen LogP contribution in [0.5, 0.6) is 0 Å². The molecular weight excluding hydrogens is 230 g/mol. The highest BCUT2D eigenvalue weighted by molar-refractivity contribution is 6.99. The molecule has 16 heavy (non-hydrogen) atoms. The Balaban J connectivity index is 1.88. The van der Waals surface area contributed by atoms with Crippen molar-refractivity contribution in [1.29, 1.82) is 0 Å². The van der Waals surface area contributed by atoms with E-state index in [0.717, 1.165) is 11.7 Å². The second-order valence-electron chi connectivity index (χ2n) is 3.81. The fourth-order valence-electron chi connectivity index (χ4n) is 1.86. The van der Waals surface area contributed by atoms with Crippen LogP contribution in [0.2, 0.25) is 0 Å². The van der Waals surface area contributed by atoms with Crippen LogP contribution in [-0.2, 0) is 4.79 Å². The zero-order valence-corrected chi connectivity index (χ0v) is 9.24. The van der Waals surface area contributed by atoms with Crippen LogP contribution in [0.25, 0.3) is 0 Å². The molecule has 1 aliphatic rings. The third-order valence-corrected chi connectivity index (χ3v) is 3.19. The molecule has 2 rings (SSSR count). The maximum absolute atomic E-state index is 11.6. The van der Waals surface area contributed by atoms with Crippen molar-refractivity contribution in [3.05, 3.63) is 11.9 Å². The Morgan fingerprint density at radius 3 is 2.88 bits per heavy atom. The highest BCUT2D eigenvalue weighted by Gasteiger charge is 2.30. The predicted octanol–water partition coefficient (Wildman–Crippen LogP) is 0.521. The van der Waals surface area contributed by atoms with Crippen molar-refractivity contribution in [2.75, 3.05) is 0 Å². The standard InChI is InChI=1S/C9H11N3O3S/c13-8(7-4-10-16-12-7)11-6-2-1-5(3-6)9(14)15/h4-6H,1-3H2,(H,11,13)(H,14,15). The minimum Gasteiger partial charge on any atom is -0.481 e. The molecule has 0 saturated heterocycles. The van der Waals surface area contributed by atoms with Gasteiger partial charge >= 0.3 is 5.97 Å². The third kappa shape index (κ3) is 2.35. The Morgan fingerprint density at radius 2 is 2.31 bits per heavy atom. The average Bonchev–Trinajstić information content (AvgIpc) is 2.87. The fourth-order valence-corrected chi connectivity index (χ4v) is 2.27. The largest absolute Gasteiger partial charge is 0.481 e. The number of carbonyl (C=O) groups excluding carboxylic acids is 1. The molecule has 0 spiro atoms. The van der Waals surface area contributed by atoms with Crippen molar-refractivity contribution in [3.8, 4) is 0 Å². The summed E-state index contributed by atoms with van der Waals surface area (Å²) in [6, 6.07) is -0.0599. The summed E-state index contributed by atoms with van der Waals surface area (Å²) < 4.78 is 7.55. The van der Waals surface area contributed by atoms with Crippen LogP contribution in [-0.4, -0.2) is 31.8 Å². The molecule has 6 nitrogen and oxygen atoms in total. The Labute approximate surface area is 96.0 Å². The van der Waals surface area contributed by atoms with Crippen molar-refractivity contribution in [2.45, 2.75) is 25.3 Å². The van der Waals surface area contributed by atoms with Gasteiger partial charge in [0, 0.05) is 6.04 Å². The second kappa shape index (κ2) is 4.56. The SMILES string of the molecule is O=C(NC1CCC(C(=O)O)C1)c1cnsn1. The van der Waals surface area contributed by atoms with Crippen molar-refractivity contribution >= 4 is 23.6 Å². The van der Waals surface area contributed by atoms with Crippen molar-refractivity contribution in [2.24, 2.45) is 5.92 Å². The molecule has 1 aliphatic carbocycles. The van der Waals surface area contributed by atoms with Crippen LogP contribution in [0, 0.1) is 5.92 Å². The van der Waals surface area contributed by atoms with E-state index in [4.69, 9.17) is 5.11 Å². The number of nitrogens with zero attached hydrogens (tertiary/aromatic N) is 2. The number of hydrogen-bond donors (Lipinski definition) is 2. The van der Waals surface area contributed by atoms with Gasteiger partial charge in [-0.05, 0) is 19.3 Å². The molecule has 2 N–H and O–H groups in total. The summed E-state index contributed by atoms with van der Waals surface area (Å²) in [7, 11) is 0. The number of rotatable bonds is 3. The molecule has 1 aromatic rings. The molecule has 2 atom stereocenters. The smallest absolute Gasteiger partial charge is 0.306 e. The molecule has 0 radical (unpaired) electrons. The van der Waals surface area contributed by atoms with Gasteiger partial charge < -0.3 is 10.4 Å². The first-order chi connectivity index (χ1) is 7.66. The van der Waals surface area contributed by atoms with Crippen molar-refractivity contribution < 1.29 is 14.7 Å². The first kappa shape index (κ1) is 11.0. The Kier molecular flexibility index (Phi) is 3.14. The van der Waals surface area contributed by atoms with Gasteiger partial charge in [0.2, 0.25) is 0 Å². The average molecular weight is 241 g/mol. The molecule has 1 saturated carbocycles. The number of nitrogens with one attached hydrogen (secondary N) is 1. The van der Waals surface area contributed by atoms with Gasteiger partial charge in [0.15, 0.2) is 5.69 Å². The van der Waals surface area contributed by atoms with E-state index in [9.17, 15) is 9.59 Å². The molecule has 0 aliphatic heterocycles. The topological polar surface area (TPSA) is 92.2 Å². The van der Waals surface area contributed by atoms with Crippen LogP contribution >= 0.6 is 11.7 Å². The lowest BCUT2D eigenvalue weighted by atomic mass is 10.1. The zero-order chi connectivity index (χ0) is 11.5. The van der Waals surface area contributed by atoms with Crippen LogP contribution in [0.1, 0.15) is 29.8 Å². The molecule has 1 amide bonds. The molecule has 1 aromatic heterocycles. The monoisotopic (exact) mass is 241 g/mol. The lowest BCUT2D eigenvalue weighted by Crippen LogP contribution is -2.33. The lowest BCUT2D eigenvalue weighted by Gasteiger charge is -2.10. The van der Waals surface area contributed by atoms with E-state index in [0.29, 0.717) is 25.0 Å². The maximum Gasteiger partial charge on any atom is 0.306 e. The maximum atomic E-state index is 11.6. The number of carbonyl (C=O) groups is 2. The highest BCUT2D eigenvalue weighted by atomic mass is 32.1. The fraction of sp³-hybridized carbons (Fsp3) is 0.556. The van der Waals surface area contributed by atoms with E-state index in [1.807, 2.05) is 0 Å². The molecule has 1 heterocycles. The van der Waals surface area contributed by atoms with Crippen molar-refractivity contribution in [3.63, 3.8) is 0 Å². The predicted molar refractivity (Wildman–Crippen MR) is 56.1 cm³/mol. The van der Waals surface area contributed by atoms with Gasteiger partial charge in [0.1, 0.15) is 0 Å². The molecule has 86 valence electrons. The summed E-state index contributed by atoms with van der Waals surface area (Å²) in [6.07, 6.45) is 3.23. The molecule has 0 bridgehead atoms. The number of carboxylic acids is 1. The van der Waals surface area contributed by atoms with E-state index in [1.165, 1.54) is 6.20 Å². The molecule has 0 aromatic carbocycles. The summed E-state index contributed by atoms with van der Waals surface area (Å²) in [5.41, 5.74) is 0.295. The third-order valence-electron chi connectivity index (χ3n) is 2.71. The van der Waals surface area contributed by atoms with Gasteiger partial charge in [-0.25, -0.2) is 0 Å². The van der Waals surface area contributed by atoms with Crippen molar-refractivity contribution in [1.82, 2.24) is 14.1 Å². The highest BCUT2D eigenvalue weighted by Crippen LogP contribution is 2.25. The molecular formula is C9H11N3O3S. The van der Waals surface area contributed by atoms with Gasteiger partial charge in [0.05, 0.1) is 23.8 Å². The van der Waals surface area contributed by atoms with Gasteiger partial charge in [0.25, 0.3) is 5.91 Å². The number of hydrogen-bond acceptors (Lipinski definition) is 5. The van der Waals surface area contributed by atoms with Crippen LogP contribution in [0.4, 0.5) is 0 Å². The van der Waals surface area contributed by atoms with E-state index in [1.54, 1.807) is 0 Å². The number of aliphatic carboxylic acids is 1. The van der Waals surface area contributed by atoms with Gasteiger partial charge in [-0.1, -0.05) is 0 Å². The van der Waals surface area contributed by atoms with Crippen LogP contribution in [0.3, 0.4) is 0 Å². The second-order valence-corrected chi connectivity index (χ2v) is 4.37. The van der Waals surface area contributed by atoms with Gasteiger partial charge in [-0.15, -0.1) is 0 Å². The summed E-state index contributed by atoms with van der Waals surface area (Å²) in [4.78, 5) is 22.3. The first-order valence-electron chi connectivity index (χ1n) is 4.98. The van der Waals surface area contributed by atoms with Crippen LogP contribution < -0.4 is 5.32 Å². The Hall–Kier alpha value is -1.50. The van der Waals surface area contributed by atoms with E-state index >= 15 is 0 Å². The molecule has 2 unspecified atom stereocenters. The normalized spacial score (nSPS) is 24.2. The van der Waals surface area contributed by atoms with Gasteiger partial charge in [-0.3, -0.25) is 9.59 Å².